The van der Waals surface area contributed by atoms with Crippen LogP contribution in [0.1, 0.15) is 22.7 Å². The van der Waals surface area contributed by atoms with Crippen molar-refractivity contribution in [3.63, 3.8) is 0 Å². The fourth-order valence-corrected chi connectivity index (χ4v) is 3.37. The molecule has 0 amide bonds. The summed E-state index contributed by atoms with van der Waals surface area (Å²) in [5, 5.41) is 9.27. The molecule has 1 aliphatic heterocycles. The lowest BCUT2D eigenvalue weighted by Gasteiger charge is -2.37. The van der Waals surface area contributed by atoms with Gasteiger partial charge in [0.05, 0.1) is 26.8 Å². The molecule has 0 aliphatic carbocycles. The third-order valence-corrected chi connectivity index (χ3v) is 4.43. The fourth-order valence-electron chi connectivity index (χ4n) is 3.37. The van der Waals surface area contributed by atoms with Crippen molar-refractivity contribution in [3.05, 3.63) is 59.2 Å². The highest BCUT2D eigenvalue weighted by Gasteiger charge is 2.31. The summed E-state index contributed by atoms with van der Waals surface area (Å²) in [6, 6.07) is 13.8. The van der Waals surface area contributed by atoms with Gasteiger partial charge in [-0.2, -0.15) is 0 Å². The maximum Gasteiger partial charge on any atom is 0.317 e. The third-order valence-electron chi connectivity index (χ3n) is 4.43. The molecule has 0 saturated carbocycles. The van der Waals surface area contributed by atoms with E-state index in [0.717, 1.165) is 17.5 Å². The van der Waals surface area contributed by atoms with Gasteiger partial charge in [0.1, 0.15) is 0 Å². The van der Waals surface area contributed by atoms with Gasteiger partial charge in [-0.1, -0.05) is 30.3 Å². The Labute approximate surface area is 141 Å². The summed E-state index contributed by atoms with van der Waals surface area (Å²) in [6.07, 6.45) is 0.784. The number of hydrogen-bond donors (Lipinski definition) is 1. The molecule has 5 nitrogen and oxygen atoms in total. The predicted molar refractivity (Wildman–Crippen MR) is 90.7 cm³/mol. The molecular weight excluding hydrogens is 306 g/mol. The molecule has 3 rings (SSSR count). The predicted octanol–water partition coefficient (Wildman–Crippen LogP) is 2.74. The summed E-state index contributed by atoms with van der Waals surface area (Å²) in [7, 11) is 3.23. The number of carboxylic acids is 1. The van der Waals surface area contributed by atoms with Crippen molar-refractivity contribution in [2.24, 2.45) is 0 Å². The quantitative estimate of drug-likeness (QED) is 0.915. The fraction of sp³-hybridized carbons (Fsp3) is 0.316. The maximum atomic E-state index is 11.3. The summed E-state index contributed by atoms with van der Waals surface area (Å²) >= 11 is 0. The van der Waals surface area contributed by atoms with Crippen molar-refractivity contribution < 1.29 is 19.4 Å². The van der Waals surface area contributed by atoms with Crippen LogP contribution >= 0.6 is 0 Å². The van der Waals surface area contributed by atoms with Gasteiger partial charge in [-0.3, -0.25) is 9.69 Å². The van der Waals surface area contributed by atoms with Gasteiger partial charge >= 0.3 is 5.97 Å². The second kappa shape index (κ2) is 6.93. The standard InChI is InChI=1S/C19H21NO4/c1-23-16-10-14-8-9-20(12-18(21)22)19(13-6-4-3-5-7-13)15(14)11-17(16)24-2/h3-7,10-11,19H,8-9,12H2,1-2H3,(H,21,22)/t19-/m1/s1. The molecule has 0 bridgehead atoms. The molecule has 0 fully saturated rings. The number of hydrogen-bond acceptors (Lipinski definition) is 4. The Kier molecular flexibility index (Phi) is 4.71. The van der Waals surface area contributed by atoms with Crippen LogP contribution in [0.15, 0.2) is 42.5 Å². The van der Waals surface area contributed by atoms with E-state index in [1.165, 1.54) is 5.56 Å². The summed E-state index contributed by atoms with van der Waals surface area (Å²) < 4.78 is 10.8. The van der Waals surface area contributed by atoms with Crippen molar-refractivity contribution in [1.29, 1.82) is 0 Å². The van der Waals surface area contributed by atoms with Gasteiger partial charge in [-0.25, -0.2) is 0 Å². The lowest BCUT2D eigenvalue weighted by Crippen LogP contribution is -2.39. The number of ether oxygens (including phenoxy) is 2. The zero-order chi connectivity index (χ0) is 17.1. The van der Waals surface area contributed by atoms with Gasteiger partial charge in [0.25, 0.3) is 0 Å². The Morgan fingerprint density at radius 2 is 1.83 bits per heavy atom. The maximum absolute atomic E-state index is 11.3. The lowest BCUT2D eigenvalue weighted by atomic mass is 9.87. The largest absolute Gasteiger partial charge is 0.493 e. The van der Waals surface area contributed by atoms with E-state index in [0.29, 0.717) is 18.0 Å². The molecular formula is C19H21NO4. The molecule has 1 heterocycles. The van der Waals surface area contributed by atoms with Crippen LogP contribution in [0.2, 0.25) is 0 Å². The normalized spacial score (nSPS) is 17.2. The molecule has 1 atom stereocenters. The molecule has 2 aromatic carbocycles. The van der Waals surface area contributed by atoms with E-state index in [1.807, 2.05) is 47.4 Å². The van der Waals surface area contributed by atoms with Crippen LogP contribution in [0, 0.1) is 0 Å². The minimum absolute atomic E-state index is 0.00729. The number of rotatable bonds is 5. The summed E-state index contributed by atoms with van der Waals surface area (Å²) in [5.41, 5.74) is 3.32. The number of nitrogens with zero attached hydrogens (tertiary/aromatic N) is 1. The van der Waals surface area contributed by atoms with Crippen LogP contribution in [0.4, 0.5) is 0 Å². The highest BCUT2D eigenvalue weighted by atomic mass is 16.5. The van der Waals surface area contributed by atoms with Crippen LogP contribution in [-0.4, -0.2) is 43.3 Å². The first-order valence-electron chi connectivity index (χ1n) is 7.89. The molecule has 126 valence electrons. The Morgan fingerprint density at radius 3 is 2.46 bits per heavy atom. The number of fused-ring (bicyclic) bond motifs is 1. The van der Waals surface area contributed by atoms with Gasteiger partial charge in [-0.15, -0.1) is 0 Å². The number of aliphatic carboxylic acids is 1. The molecule has 2 aromatic rings. The topological polar surface area (TPSA) is 59.0 Å². The molecule has 0 unspecified atom stereocenters. The van der Waals surface area contributed by atoms with E-state index in [9.17, 15) is 9.90 Å². The molecule has 0 aromatic heterocycles. The van der Waals surface area contributed by atoms with E-state index in [4.69, 9.17) is 9.47 Å². The van der Waals surface area contributed by atoms with Gasteiger partial charge in [-0.05, 0) is 35.2 Å². The van der Waals surface area contributed by atoms with E-state index < -0.39 is 5.97 Å². The highest BCUT2D eigenvalue weighted by molar-refractivity contribution is 5.69. The zero-order valence-corrected chi connectivity index (χ0v) is 13.9. The SMILES string of the molecule is COc1cc2c(cc1OC)[C@@H](c1ccccc1)N(CC(=O)O)CC2. The van der Waals surface area contributed by atoms with E-state index >= 15 is 0 Å². The molecule has 24 heavy (non-hydrogen) atoms. The van der Waals surface area contributed by atoms with Crippen LogP contribution < -0.4 is 9.47 Å². The molecule has 0 spiro atoms. The van der Waals surface area contributed by atoms with Crippen molar-refractivity contribution >= 4 is 5.97 Å². The monoisotopic (exact) mass is 327 g/mol. The van der Waals surface area contributed by atoms with Gasteiger partial charge < -0.3 is 14.6 Å². The smallest absolute Gasteiger partial charge is 0.317 e. The second-order valence-corrected chi connectivity index (χ2v) is 5.83. The molecule has 1 aliphatic rings. The Morgan fingerprint density at radius 1 is 1.17 bits per heavy atom. The summed E-state index contributed by atoms with van der Waals surface area (Å²) in [5.74, 6) is 0.545. The third kappa shape index (κ3) is 3.08. The van der Waals surface area contributed by atoms with Crippen LogP contribution in [0.25, 0.3) is 0 Å². The zero-order valence-electron chi connectivity index (χ0n) is 13.9. The number of carboxylic acid groups (broad SMARTS) is 1. The Balaban J connectivity index is 2.12. The Bertz CT molecular complexity index is 730. The van der Waals surface area contributed by atoms with E-state index in [-0.39, 0.29) is 12.6 Å². The number of carbonyl (C=O) groups is 1. The molecule has 0 radical (unpaired) electrons. The minimum atomic E-state index is -0.820. The van der Waals surface area contributed by atoms with Gasteiger partial charge in [0, 0.05) is 6.54 Å². The Hall–Kier alpha value is -2.53. The first kappa shape index (κ1) is 16.3. The number of benzene rings is 2. The van der Waals surface area contributed by atoms with Gasteiger partial charge in [0.15, 0.2) is 11.5 Å². The highest BCUT2D eigenvalue weighted by Crippen LogP contribution is 2.40. The minimum Gasteiger partial charge on any atom is -0.493 e. The van der Waals surface area contributed by atoms with E-state index in [1.54, 1.807) is 14.2 Å². The molecule has 1 N–H and O–H groups in total. The molecule has 5 heteroatoms. The average Bonchev–Trinajstić information content (AvgIpc) is 2.60. The van der Waals surface area contributed by atoms with Crippen LogP contribution in [0.5, 0.6) is 11.5 Å². The van der Waals surface area contributed by atoms with Crippen molar-refractivity contribution in [3.8, 4) is 11.5 Å². The molecule has 0 saturated heterocycles. The van der Waals surface area contributed by atoms with Gasteiger partial charge in [0.2, 0.25) is 0 Å². The van der Waals surface area contributed by atoms with Crippen molar-refractivity contribution in [2.75, 3.05) is 27.3 Å². The van der Waals surface area contributed by atoms with Crippen molar-refractivity contribution in [1.82, 2.24) is 4.90 Å². The van der Waals surface area contributed by atoms with E-state index in [2.05, 4.69) is 0 Å². The second-order valence-electron chi connectivity index (χ2n) is 5.83. The average molecular weight is 327 g/mol. The van der Waals surface area contributed by atoms with Crippen LogP contribution in [-0.2, 0) is 11.2 Å². The first-order chi connectivity index (χ1) is 11.6. The van der Waals surface area contributed by atoms with Crippen LogP contribution in [0.3, 0.4) is 0 Å². The summed E-state index contributed by atoms with van der Waals surface area (Å²) in [6.45, 7) is 0.696. The summed E-state index contributed by atoms with van der Waals surface area (Å²) in [4.78, 5) is 13.3. The first-order valence-corrected chi connectivity index (χ1v) is 7.89. The lowest BCUT2D eigenvalue weighted by molar-refractivity contribution is -0.138. The number of methoxy groups -OCH3 is 2. The van der Waals surface area contributed by atoms with Crippen molar-refractivity contribution in [2.45, 2.75) is 12.5 Å².